The van der Waals surface area contributed by atoms with Gasteiger partial charge in [0.15, 0.2) is 0 Å². The van der Waals surface area contributed by atoms with Crippen LogP contribution in [0.15, 0.2) is 30.3 Å². The lowest BCUT2D eigenvalue weighted by Gasteiger charge is -2.38. The van der Waals surface area contributed by atoms with Gasteiger partial charge in [0.2, 0.25) is 0 Å². The van der Waals surface area contributed by atoms with Crippen LogP contribution in [0.5, 0.6) is 0 Å². The van der Waals surface area contributed by atoms with Crippen LogP contribution in [-0.2, 0) is 6.54 Å². The van der Waals surface area contributed by atoms with Crippen LogP contribution in [-0.4, -0.2) is 40.4 Å². The molecule has 2 unspecified atom stereocenters. The number of aliphatic hydroxyl groups is 2. The average Bonchev–Trinajstić information content (AvgIpc) is 2.40. The molecule has 2 atom stereocenters. The highest BCUT2D eigenvalue weighted by atomic mass is 16.3. The fourth-order valence-corrected chi connectivity index (χ4v) is 2.59. The van der Waals surface area contributed by atoms with Gasteiger partial charge in [-0.1, -0.05) is 36.8 Å². The molecule has 1 aromatic rings. The molecule has 0 spiro atoms. The van der Waals surface area contributed by atoms with Crippen LogP contribution >= 0.6 is 0 Å². The molecule has 1 aromatic carbocycles. The van der Waals surface area contributed by atoms with Crippen molar-refractivity contribution in [2.75, 3.05) is 13.2 Å². The summed E-state index contributed by atoms with van der Waals surface area (Å²) in [5.41, 5.74) is 1.27. The number of nitrogens with zero attached hydrogens (tertiary/aromatic N) is 1. The van der Waals surface area contributed by atoms with E-state index in [9.17, 15) is 5.11 Å². The van der Waals surface area contributed by atoms with Crippen molar-refractivity contribution in [3.05, 3.63) is 35.9 Å². The monoisotopic (exact) mass is 235 g/mol. The third kappa shape index (κ3) is 3.28. The first kappa shape index (κ1) is 12.6. The van der Waals surface area contributed by atoms with Crippen molar-refractivity contribution >= 4 is 0 Å². The third-order valence-corrected chi connectivity index (χ3v) is 3.52. The molecule has 1 fully saturated rings. The van der Waals surface area contributed by atoms with E-state index >= 15 is 0 Å². The molecule has 1 aliphatic rings. The molecule has 0 aliphatic carbocycles. The highest BCUT2D eigenvalue weighted by Crippen LogP contribution is 2.21. The van der Waals surface area contributed by atoms with Gasteiger partial charge in [0.1, 0.15) is 0 Å². The summed E-state index contributed by atoms with van der Waals surface area (Å²) in [5.74, 6) is 0. The minimum absolute atomic E-state index is 0.106. The summed E-state index contributed by atoms with van der Waals surface area (Å²) < 4.78 is 0. The van der Waals surface area contributed by atoms with Crippen LogP contribution < -0.4 is 0 Å². The molecule has 1 saturated heterocycles. The van der Waals surface area contributed by atoms with Crippen molar-refractivity contribution in [3.8, 4) is 0 Å². The minimum atomic E-state index is -0.612. The van der Waals surface area contributed by atoms with Gasteiger partial charge >= 0.3 is 0 Å². The molecule has 0 saturated carbocycles. The molecule has 2 rings (SSSR count). The largest absolute Gasteiger partial charge is 0.394 e. The molecule has 1 heterocycles. The fourth-order valence-electron chi connectivity index (χ4n) is 2.59. The molecule has 0 amide bonds. The summed E-state index contributed by atoms with van der Waals surface area (Å²) in [6.07, 6.45) is 2.70. The Morgan fingerprint density at radius 1 is 1.24 bits per heavy atom. The lowest BCUT2D eigenvalue weighted by atomic mass is 9.97. The summed E-state index contributed by atoms with van der Waals surface area (Å²) >= 11 is 0. The van der Waals surface area contributed by atoms with Gasteiger partial charge in [-0.3, -0.25) is 4.90 Å². The van der Waals surface area contributed by atoms with E-state index < -0.39 is 6.10 Å². The summed E-state index contributed by atoms with van der Waals surface area (Å²) in [6.45, 7) is 1.73. The van der Waals surface area contributed by atoms with Crippen molar-refractivity contribution < 1.29 is 10.2 Å². The lowest BCUT2D eigenvalue weighted by Crippen LogP contribution is -2.47. The van der Waals surface area contributed by atoms with E-state index in [1.165, 1.54) is 12.0 Å². The first-order valence-electron chi connectivity index (χ1n) is 6.38. The summed E-state index contributed by atoms with van der Waals surface area (Å²) in [7, 11) is 0. The van der Waals surface area contributed by atoms with E-state index in [4.69, 9.17) is 5.11 Å². The Balaban J connectivity index is 2.01. The normalized spacial score (nSPS) is 23.5. The maximum absolute atomic E-state index is 9.84. The van der Waals surface area contributed by atoms with E-state index in [2.05, 4.69) is 17.0 Å². The zero-order valence-electron chi connectivity index (χ0n) is 10.1. The average molecular weight is 235 g/mol. The van der Waals surface area contributed by atoms with Crippen molar-refractivity contribution in [1.29, 1.82) is 0 Å². The van der Waals surface area contributed by atoms with Gasteiger partial charge in [-0.05, 0) is 24.9 Å². The predicted molar refractivity (Wildman–Crippen MR) is 67.6 cm³/mol. The van der Waals surface area contributed by atoms with Gasteiger partial charge in [0, 0.05) is 12.6 Å². The van der Waals surface area contributed by atoms with Crippen LogP contribution in [0, 0.1) is 0 Å². The molecule has 17 heavy (non-hydrogen) atoms. The van der Waals surface area contributed by atoms with E-state index in [1.807, 2.05) is 18.2 Å². The smallest absolute Gasteiger partial charge is 0.0925 e. The second-order valence-corrected chi connectivity index (χ2v) is 4.77. The Kier molecular flexibility index (Phi) is 4.54. The van der Waals surface area contributed by atoms with Crippen LogP contribution in [0.1, 0.15) is 24.8 Å². The molecule has 0 radical (unpaired) electrons. The topological polar surface area (TPSA) is 43.7 Å². The number of hydrogen-bond acceptors (Lipinski definition) is 3. The standard InChI is InChI=1S/C14H21NO2/c16-11-14(17)13-8-4-5-9-15(13)10-12-6-2-1-3-7-12/h1-3,6-7,13-14,16-17H,4-5,8-11H2. The Labute approximate surface area is 103 Å². The number of rotatable bonds is 4. The highest BCUT2D eigenvalue weighted by molar-refractivity contribution is 5.14. The molecule has 0 bridgehead atoms. The molecule has 2 N–H and O–H groups in total. The number of aliphatic hydroxyl groups excluding tert-OH is 2. The first-order valence-corrected chi connectivity index (χ1v) is 6.38. The second-order valence-electron chi connectivity index (χ2n) is 4.77. The number of benzene rings is 1. The molecule has 3 nitrogen and oxygen atoms in total. The number of likely N-dealkylation sites (tertiary alicyclic amines) is 1. The van der Waals surface area contributed by atoms with Crippen LogP contribution in [0.2, 0.25) is 0 Å². The van der Waals surface area contributed by atoms with Gasteiger partial charge in [0.05, 0.1) is 12.7 Å². The van der Waals surface area contributed by atoms with Gasteiger partial charge in [-0.15, -0.1) is 0 Å². The molecular weight excluding hydrogens is 214 g/mol. The molecular formula is C14H21NO2. The van der Waals surface area contributed by atoms with E-state index in [0.717, 1.165) is 25.9 Å². The molecule has 0 aromatic heterocycles. The first-order chi connectivity index (χ1) is 8.31. The third-order valence-electron chi connectivity index (χ3n) is 3.52. The second kappa shape index (κ2) is 6.15. The Morgan fingerprint density at radius 2 is 2.00 bits per heavy atom. The maximum atomic E-state index is 9.84. The Bertz CT molecular complexity index is 328. The summed E-state index contributed by atoms with van der Waals surface area (Å²) in [4.78, 5) is 2.29. The predicted octanol–water partition coefficient (Wildman–Crippen LogP) is 1.39. The molecule has 3 heteroatoms. The Hall–Kier alpha value is -0.900. The number of piperidine rings is 1. The Morgan fingerprint density at radius 3 is 2.71 bits per heavy atom. The van der Waals surface area contributed by atoms with Crippen LogP contribution in [0.25, 0.3) is 0 Å². The minimum Gasteiger partial charge on any atom is -0.394 e. The van der Waals surface area contributed by atoms with Crippen LogP contribution in [0.4, 0.5) is 0 Å². The van der Waals surface area contributed by atoms with E-state index in [-0.39, 0.29) is 12.6 Å². The molecule has 94 valence electrons. The highest BCUT2D eigenvalue weighted by Gasteiger charge is 2.27. The zero-order valence-corrected chi connectivity index (χ0v) is 10.1. The van der Waals surface area contributed by atoms with Gasteiger partial charge < -0.3 is 10.2 Å². The van der Waals surface area contributed by atoms with E-state index in [0.29, 0.717) is 0 Å². The number of hydrogen-bond donors (Lipinski definition) is 2. The van der Waals surface area contributed by atoms with Crippen molar-refractivity contribution in [2.45, 2.75) is 38.0 Å². The van der Waals surface area contributed by atoms with Gasteiger partial charge in [-0.25, -0.2) is 0 Å². The zero-order chi connectivity index (χ0) is 12.1. The quantitative estimate of drug-likeness (QED) is 0.829. The fraction of sp³-hybridized carbons (Fsp3) is 0.571. The van der Waals surface area contributed by atoms with Crippen molar-refractivity contribution in [3.63, 3.8) is 0 Å². The SMILES string of the molecule is OCC(O)C1CCCCN1Cc1ccccc1. The maximum Gasteiger partial charge on any atom is 0.0925 e. The lowest BCUT2D eigenvalue weighted by molar-refractivity contribution is -0.00931. The van der Waals surface area contributed by atoms with Gasteiger partial charge in [-0.2, -0.15) is 0 Å². The van der Waals surface area contributed by atoms with Crippen molar-refractivity contribution in [2.24, 2.45) is 0 Å². The van der Waals surface area contributed by atoms with Crippen molar-refractivity contribution in [1.82, 2.24) is 4.90 Å². The van der Waals surface area contributed by atoms with Crippen LogP contribution in [0.3, 0.4) is 0 Å². The van der Waals surface area contributed by atoms with E-state index in [1.54, 1.807) is 0 Å². The van der Waals surface area contributed by atoms with Gasteiger partial charge in [0.25, 0.3) is 0 Å². The summed E-state index contributed by atoms with van der Waals surface area (Å²) in [5, 5.41) is 18.9. The molecule has 1 aliphatic heterocycles. The summed E-state index contributed by atoms with van der Waals surface area (Å²) in [6, 6.07) is 10.4.